The van der Waals surface area contributed by atoms with Gasteiger partial charge >= 0.3 is 5.69 Å². The summed E-state index contributed by atoms with van der Waals surface area (Å²) in [5.41, 5.74) is -0.157. The maximum atomic E-state index is 11.1. The number of rotatable bonds is 6. The first kappa shape index (κ1) is 15.9. The Bertz CT molecular complexity index is 502. The molecule has 1 fully saturated rings. The monoisotopic (exact) mass is 313 g/mol. The average molecular weight is 313 g/mol. The number of hydrogen-bond donors (Lipinski definition) is 1. The topological polar surface area (TPSA) is 70.8 Å². The number of nitro groups is 1. The zero-order valence-electron chi connectivity index (χ0n) is 11.9. The number of benzene rings is 1. The van der Waals surface area contributed by atoms with Gasteiger partial charge in [0.1, 0.15) is 5.75 Å². The standard InChI is InChI=1S/C14H19NO5S/c1-18-11-2-3-12(15(16)17)13(8-11)20-9-14(10-21)4-6-19-7-5-14/h2-3,8,21H,4-7,9-10H2,1H3. The zero-order valence-corrected chi connectivity index (χ0v) is 12.8. The van der Waals surface area contributed by atoms with Crippen LogP contribution in [0.1, 0.15) is 12.8 Å². The third kappa shape index (κ3) is 3.79. The Morgan fingerprint density at radius 3 is 2.71 bits per heavy atom. The normalized spacial score (nSPS) is 17.2. The molecule has 0 radical (unpaired) electrons. The fourth-order valence-corrected chi connectivity index (χ4v) is 2.68. The van der Waals surface area contributed by atoms with E-state index in [2.05, 4.69) is 12.6 Å². The molecule has 0 atom stereocenters. The predicted molar refractivity (Wildman–Crippen MR) is 81.5 cm³/mol. The first-order chi connectivity index (χ1) is 10.1. The highest BCUT2D eigenvalue weighted by Crippen LogP contribution is 2.36. The van der Waals surface area contributed by atoms with E-state index in [9.17, 15) is 10.1 Å². The molecule has 0 aromatic heterocycles. The summed E-state index contributed by atoms with van der Waals surface area (Å²) < 4.78 is 16.2. The van der Waals surface area contributed by atoms with Crippen molar-refractivity contribution in [2.45, 2.75) is 12.8 Å². The maximum absolute atomic E-state index is 11.1. The second-order valence-corrected chi connectivity index (χ2v) is 5.47. The molecule has 0 amide bonds. The van der Waals surface area contributed by atoms with Crippen LogP contribution < -0.4 is 9.47 Å². The first-order valence-corrected chi connectivity index (χ1v) is 7.37. The lowest BCUT2D eigenvalue weighted by molar-refractivity contribution is -0.386. The van der Waals surface area contributed by atoms with E-state index >= 15 is 0 Å². The van der Waals surface area contributed by atoms with Gasteiger partial charge in [-0.2, -0.15) is 12.6 Å². The van der Waals surface area contributed by atoms with Crippen LogP contribution in [0.5, 0.6) is 11.5 Å². The summed E-state index contributed by atoms with van der Waals surface area (Å²) in [6, 6.07) is 4.49. The van der Waals surface area contributed by atoms with Gasteiger partial charge in [0.25, 0.3) is 0 Å². The van der Waals surface area contributed by atoms with Crippen molar-refractivity contribution in [1.29, 1.82) is 0 Å². The third-order valence-corrected chi connectivity index (χ3v) is 4.46. The molecule has 6 nitrogen and oxygen atoms in total. The number of methoxy groups -OCH3 is 1. The second kappa shape index (κ2) is 7.00. The van der Waals surface area contributed by atoms with Crippen molar-refractivity contribution < 1.29 is 19.1 Å². The van der Waals surface area contributed by atoms with Gasteiger partial charge in [-0.15, -0.1) is 0 Å². The van der Waals surface area contributed by atoms with Crippen LogP contribution in [0.25, 0.3) is 0 Å². The van der Waals surface area contributed by atoms with E-state index in [0.29, 0.717) is 31.3 Å². The highest BCUT2D eigenvalue weighted by molar-refractivity contribution is 7.80. The summed E-state index contributed by atoms with van der Waals surface area (Å²) in [6.45, 7) is 1.72. The lowest BCUT2D eigenvalue weighted by Crippen LogP contribution is -2.37. The Hall–Kier alpha value is -1.47. The molecular weight excluding hydrogens is 294 g/mol. The Kier molecular flexibility index (Phi) is 5.30. The molecule has 0 saturated carbocycles. The molecule has 116 valence electrons. The van der Waals surface area contributed by atoms with Gasteiger partial charge in [0.05, 0.1) is 18.6 Å². The van der Waals surface area contributed by atoms with E-state index < -0.39 is 4.92 Å². The number of nitrogens with zero attached hydrogens (tertiary/aromatic N) is 1. The van der Waals surface area contributed by atoms with Gasteiger partial charge in [-0.05, 0) is 24.7 Å². The van der Waals surface area contributed by atoms with Gasteiger partial charge in [-0.1, -0.05) is 0 Å². The van der Waals surface area contributed by atoms with Crippen LogP contribution in [-0.2, 0) is 4.74 Å². The van der Waals surface area contributed by atoms with E-state index in [-0.39, 0.29) is 16.9 Å². The summed E-state index contributed by atoms with van der Waals surface area (Å²) in [4.78, 5) is 10.6. The highest BCUT2D eigenvalue weighted by atomic mass is 32.1. The SMILES string of the molecule is COc1ccc([N+](=O)[O-])c(OCC2(CS)CCOCC2)c1. The molecule has 7 heteroatoms. The van der Waals surface area contributed by atoms with Crippen LogP contribution in [-0.4, -0.2) is 37.6 Å². The lowest BCUT2D eigenvalue weighted by atomic mass is 9.83. The fourth-order valence-electron chi connectivity index (χ4n) is 2.27. The van der Waals surface area contributed by atoms with Crippen LogP contribution in [0.15, 0.2) is 18.2 Å². The van der Waals surface area contributed by atoms with E-state index in [1.807, 2.05) is 0 Å². The van der Waals surface area contributed by atoms with Gasteiger partial charge in [0.2, 0.25) is 5.75 Å². The second-order valence-electron chi connectivity index (χ2n) is 5.15. The van der Waals surface area contributed by atoms with Crippen molar-refractivity contribution in [1.82, 2.24) is 0 Å². The molecule has 1 aromatic carbocycles. The van der Waals surface area contributed by atoms with E-state index in [0.717, 1.165) is 12.8 Å². The predicted octanol–water partition coefficient (Wildman–Crippen LogP) is 2.71. The minimum absolute atomic E-state index is 0.0582. The Morgan fingerprint density at radius 2 is 2.14 bits per heavy atom. The van der Waals surface area contributed by atoms with Gasteiger partial charge in [0, 0.05) is 30.8 Å². The van der Waals surface area contributed by atoms with Crippen LogP contribution in [0.4, 0.5) is 5.69 Å². The van der Waals surface area contributed by atoms with Crippen molar-refractivity contribution in [2.24, 2.45) is 5.41 Å². The van der Waals surface area contributed by atoms with E-state index in [4.69, 9.17) is 14.2 Å². The molecule has 0 spiro atoms. The summed E-state index contributed by atoms with van der Waals surface area (Å²) in [5, 5.41) is 11.1. The summed E-state index contributed by atoms with van der Waals surface area (Å²) in [5.74, 6) is 1.42. The van der Waals surface area contributed by atoms with Gasteiger partial charge in [-0.25, -0.2) is 0 Å². The fraction of sp³-hybridized carbons (Fsp3) is 0.571. The average Bonchev–Trinajstić information content (AvgIpc) is 2.53. The molecule has 1 aromatic rings. The molecular formula is C14H19NO5S. The Balaban J connectivity index is 2.15. The largest absolute Gasteiger partial charge is 0.497 e. The van der Waals surface area contributed by atoms with Crippen LogP contribution >= 0.6 is 12.6 Å². The number of hydrogen-bond acceptors (Lipinski definition) is 6. The molecule has 1 saturated heterocycles. The van der Waals surface area contributed by atoms with E-state index in [1.54, 1.807) is 12.1 Å². The van der Waals surface area contributed by atoms with Crippen LogP contribution in [0, 0.1) is 15.5 Å². The molecule has 0 unspecified atom stereocenters. The third-order valence-electron chi connectivity index (χ3n) is 3.79. The minimum Gasteiger partial charge on any atom is -0.497 e. The molecule has 2 rings (SSSR count). The molecule has 0 bridgehead atoms. The molecule has 0 N–H and O–H groups in total. The molecule has 1 aliphatic heterocycles. The lowest BCUT2D eigenvalue weighted by Gasteiger charge is -2.35. The highest BCUT2D eigenvalue weighted by Gasteiger charge is 2.33. The summed E-state index contributed by atoms with van der Waals surface area (Å²) >= 11 is 4.41. The maximum Gasteiger partial charge on any atom is 0.311 e. The smallest absolute Gasteiger partial charge is 0.311 e. The Morgan fingerprint density at radius 1 is 1.43 bits per heavy atom. The van der Waals surface area contributed by atoms with Crippen molar-refractivity contribution in [2.75, 3.05) is 32.7 Å². The Labute approximate surface area is 128 Å². The van der Waals surface area contributed by atoms with Crippen LogP contribution in [0.2, 0.25) is 0 Å². The molecule has 1 aliphatic rings. The van der Waals surface area contributed by atoms with Crippen molar-refractivity contribution in [3.8, 4) is 11.5 Å². The van der Waals surface area contributed by atoms with Gasteiger partial charge in [0.15, 0.2) is 0 Å². The summed E-state index contributed by atoms with van der Waals surface area (Å²) in [7, 11) is 1.51. The zero-order chi connectivity index (χ0) is 15.3. The van der Waals surface area contributed by atoms with Crippen molar-refractivity contribution >= 4 is 18.3 Å². The van der Waals surface area contributed by atoms with E-state index in [1.165, 1.54) is 13.2 Å². The molecule has 1 heterocycles. The van der Waals surface area contributed by atoms with Gasteiger partial charge in [-0.3, -0.25) is 10.1 Å². The quantitative estimate of drug-likeness (QED) is 0.497. The number of ether oxygens (including phenoxy) is 3. The first-order valence-electron chi connectivity index (χ1n) is 6.74. The number of nitro benzene ring substituents is 1. The van der Waals surface area contributed by atoms with Crippen molar-refractivity contribution in [3.63, 3.8) is 0 Å². The number of thiol groups is 1. The molecule has 0 aliphatic carbocycles. The van der Waals surface area contributed by atoms with Gasteiger partial charge < -0.3 is 14.2 Å². The van der Waals surface area contributed by atoms with Crippen molar-refractivity contribution in [3.05, 3.63) is 28.3 Å². The minimum atomic E-state index is -0.452. The summed E-state index contributed by atoms with van der Waals surface area (Å²) in [6.07, 6.45) is 1.68. The van der Waals surface area contributed by atoms with Crippen LogP contribution in [0.3, 0.4) is 0 Å². The molecule has 21 heavy (non-hydrogen) atoms.